The van der Waals surface area contributed by atoms with Crippen LogP contribution >= 0.6 is 0 Å². The second-order valence-electron chi connectivity index (χ2n) is 12.1. The number of carbonyl (C=O) groups is 2. The fourth-order valence-corrected chi connectivity index (χ4v) is 7.07. The largest absolute Gasteiger partial charge is 0.497 e. The van der Waals surface area contributed by atoms with Gasteiger partial charge in [0, 0.05) is 6.54 Å². The SMILES string of the molecule is COC1=C[C@]23CCCN2CCc2cc4c(cc2[C@]3(C)[C@@H]1OC(=O)C[C@](O)(CCCC(C)(C)O)C(=O)O)OCO4. The summed E-state index contributed by atoms with van der Waals surface area (Å²) in [6.45, 7) is 7.15. The van der Waals surface area contributed by atoms with Crippen molar-refractivity contribution in [3.8, 4) is 11.5 Å². The van der Waals surface area contributed by atoms with Crippen molar-refractivity contribution in [3.63, 3.8) is 0 Å². The van der Waals surface area contributed by atoms with Crippen molar-refractivity contribution in [2.75, 3.05) is 27.0 Å². The number of esters is 1. The molecule has 5 rings (SSSR count). The van der Waals surface area contributed by atoms with E-state index in [9.17, 15) is 24.9 Å². The summed E-state index contributed by atoms with van der Waals surface area (Å²) in [5.41, 5.74) is -2.51. The first-order chi connectivity index (χ1) is 18.3. The van der Waals surface area contributed by atoms with Crippen molar-refractivity contribution in [1.29, 1.82) is 0 Å². The number of methoxy groups -OCH3 is 1. The first-order valence-corrected chi connectivity index (χ1v) is 13.7. The molecule has 39 heavy (non-hydrogen) atoms. The molecule has 3 N–H and O–H groups in total. The maximum Gasteiger partial charge on any atom is 0.336 e. The first kappa shape index (κ1) is 27.7. The molecule has 1 aromatic rings. The van der Waals surface area contributed by atoms with E-state index in [2.05, 4.69) is 17.9 Å². The van der Waals surface area contributed by atoms with E-state index in [1.54, 1.807) is 21.0 Å². The van der Waals surface area contributed by atoms with Crippen LogP contribution in [0.15, 0.2) is 24.0 Å². The Morgan fingerprint density at radius 2 is 1.87 bits per heavy atom. The van der Waals surface area contributed by atoms with Crippen molar-refractivity contribution < 1.29 is 43.9 Å². The van der Waals surface area contributed by atoms with Gasteiger partial charge in [0.1, 0.15) is 5.76 Å². The van der Waals surface area contributed by atoms with E-state index in [4.69, 9.17) is 18.9 Å². The second kappa shape index (κ2) is 9.67. The minimum atomic E-state index is -2.32. The predicted octanol–water partition coefficient (Wildman–Crippen LogP) is 2.67. The van der Waals surface area contributed by atoms with Gasteiger partial charge in [-0.2, -0.15) is 0 Å². The lowest BCUT2D eigenvalue weighted by Crippen LogP contribution is -2.58. The van der Waals surface area contributed by atoms with Gasteiger partial charge in [0.05, 0.1) is 30.1 Å². The molecular weight excluding hydrogens is 506 g/mol. The highest BCUT2D eigenvalue weighted by Gasteiger charge is 2.66. The monoisotopic (exact) mass is 545 g/mol. The molecule has 1 aromatic carbocycles. The van der Waals surface area contributed by atoms with Gasteiger partial charge in [-0.1, -0.05) is 0 Å². The molecule has 4 aliphatic rings. The van der Waals surface area contributed by atoms with Crippen LogP contribution in [0.3, 0.4) is 0 Å². The molecule has 1 spiro atoms. The normalized spacial score (nSPS) is 29.0. The summed E-state index contributed by atoms with van der Waals surface area (Å²) in [7, 11) is 1.54. The summed E-state index contributed by atoms with van der Waals surface area (Å²) >= 11 is 0. The molecule has 0 aromatic heterocycles. The molecular formula is C29H39NO9. The Balaban J connectivity index is 1.48. The minimum Gasteiger partial charge on any atom is -0.497 e. The van der Waals surface area contributed by atoms with Gasteiger partial charge in [-0.25, -0.2) is 4.79 Å². The molecule has 0 saturated carbocycles. The van der Waals surface area contributed by atoms with Crippen LogP contribution in [0.1, 0.15) is 70.4 Å². The van der Waals surface area contributed by atoms with Crippen LogP contribution in [0.4, 0.5) is 0 Å². The van der Waals surface area contributed by atoms with Crippen LogP contribution in [0.2, 0.25) is 0 Å². The number of carboxylic acids is 1. The number of ether oxygens (including phenoxy) is 4. The van der Waals surface area contributed by atoms with Crippen molar-refractivity contribution in [2.45, 2.75) is 94.0 Å². The summed E-state index contributed by atoms with van der Waals surface area (Å²) in [6, 6.07) is 3.99. The van der Waals surface area contributed by atoms with Crippen LogP contribution in [-0.4, -0.2) is 82.0 Å². The zero-order valence-electron chi connectivity index (χ0n) is 23.1. The number of fused-ring (bicyclic) bond motifs is 3. The van der Waals surface area contributed by atoms with Gasteiger partial charge in [0.25, 0.3) is 0 Å². The van der Waals surface area contributed by atoms with Gasteiger partial charge >= 0.3 is 11.9 Å². The lowest BCUT2D eigenvalue weighted by Gasteiger charge is -2.47. The van der Waals surface area contributed by atoms with Gasteiger partial charge in [0.15, 0.2) is 23.2 Å². The van der Waals surface area contributed by atoms with Crippen molar-refractivity contribution >= 4 is 11.9 Å². The molecule has 1 saturated heterocycles. The van der Waals surface area contributed by atoms with Gasteiger partial charge < -0.3 is 34.3 Å². The molecule has 0 amide bonds. The first-order valence-electron chi connectivity index (χ1n) is 13.7. The third kappa shape index (κ3) is 4.56. The van der Waals surface area contributed by atoms with E-state index in [1.165, 1.54) is 0 Å². The van der Waals surface area contributed by atoms with Gasteiger partial charge in [-0.05, 0) is 95.2 Å². The predicted molar refractivity (Wildman–Crippen MR) is 139 cm³/mol. The molecule has 0 bridgehead atoms. The molecule has 1 aliphatic carbocycles. The number of carbonyl (C=O) groups excluding carboxylic acids is 1. The molecule has 3 heterocycles. The lowest BCUT2D eigenvalue weighted by atomic mass is 9.65. The topological polar surface area (TPSA) is 135 Å². The molecule has 214 valence electrons. The Labute approximate surface area is 228 Å². The highest BCUT2D eigenvalue weighted by Crippen LogP contribution is 2.59. The molecule has 1 fully saturated rings. The third-order valence-corrected chi connectivity index (χ3v) is 9.12. The van der Waals surface area contributed by atoms with E-state index in [1.807, 2.05) is 12.1 Å². The van der Waals surface area contributed by atoms with Gasteiger partial charge in [-0.15, -0.1) is 0 Å². The zero-order valence-corrected chi connectivity index (χ0v) is 23.1. The Bertz CT molecular complexity index is 1190. The lowest BCUT2D eigenvalue weighted by molar-refractivity contribution is -0.172. The molecule has 3 aliphatic heterocycles. The Kier molecular flexibility index (Phi) is 6.88. The molecule has 0 unspecified atom stereocenters. The average molecular weight is 546 g/mol. The number of carboxylic acid groups (broad SMARTS) is 1. The van der Waals surface area contributed by atoms with E-state index in [0.717, 1.165) is 43.5 Å². The highest BCUT2D eigenvalue weighted by atomic mass is 16.7. The highest BCUT2D eigenvalue weighted by molar-refractivity contribution is 5.84. The van der Waals surface area contributed by atoms with Crippen LogP contribution in [-0.2, 0) is 30.9 Å². The number of hydrogen-bond acceptors (Lipinski definition) is 9. The van der Waals surface area contributed by atoms with Gasteiger partial charge in [0.2, 0.25) is 6.79 Å². The second-order valence-corrected chi connectivity index (χ2v) is 12.1. The maximum absolute atomic E-state index is 13.4. The fourth-order valence-electron chi connectivity index (χ4n) is 7.07. The standard InChI is InChI=1S/C29H39NO9/c1-26(2,34)8-5-9-28(35,25(32)33)16-23(31)39-24-22(36-4)15-29-10-6-11-30(29)12-7-18-13-20-21(38-17-37-20)14-19(18)27(24,29)3/h13-15,24,34-35H,5-12,16-17H2,1-4H3,(H,32,33)/t24-,27-,28-,29+/m1/s1. The maximum atomic E-state index is 13.4. The Morgan fingerprint density at radius 1 is 1.15 bits per heavy atom. The van der Waals surface area contributed by atoms with E-state index >= 15 is 0 Å². The quantitative estimate of drug-likeness (QED) is 0.398. The Hall–Kier alpha value is -2.82. The van der Waals surface area contributed by atoms with Crippen LogP contribution < -0.4 is 9.47 Å². The van der Waals surface area contributed by atoms with Crippen LogP contribution in [0.5, 0.6) is 11.5 Å². The molecule has 10 heteroatoms. The summed E-state index contributed by atoms with van der Waals surface area (Å²) in [5, 5.41) is 30.7. The van der Waals surface area contributed by atoms with Crippen molar-refractivity contribution in [3.05, 3.63) is 35.1 Å². The third-order valence-electron chi connectivity index (χ3n) is 9.12. The minimum absolute atomic E-state index is 0.146. The fraction of sp³-hybridized carbons (Fsp3) is 0.655. The summed E-state index contributed by atoms with van der Waals surface area (Å²) in [6.07, 6.45) is 3.43. The number of nitrogens with zero attached hydrogens (tertiary/aromatic N) is 1. The number of aliphatic carboxylic acids is 1. The van der Waals surface area contributed by atoms with Crippen LogP contribution in [0.25, 0.3) is 0 Å². The van der Waals surface area contributed by atoms with Gasteiger partial charge in [-0.3, -0.25) is 9.69 Å². The summed E-state index contributed by atoms with van der Waals surface area (Å²) < 4.78 is 23.3. The zero-order chi connectivity index (χ0) is 28.2. The van der Waals surface area contributed by atoms with Crippen LogP contribution in [0, 0.1) is 0 Å². The van der Waals surface area contributed by atoms with Crippen molar-refractivity contribution in [2.24, 2.45) is 0 Å². The molecule has 4 atom stereocenters. The number of rotatable bonds is 9. The average Bonchev–Trinajstić information content (AvgIpc) is 3.53. The van der Waals surface area contributed by atoms with Crippen molar-refractivity contribution in [1.82, 2.24) is 4.90 Å². The van der Waals surface area contributed by atoms with E-state index in [-0.39, 0.29) is 26.1 Å². The van der Waals surface area contributed by atoms with E-state index in [0.29, 0.717) is 17.3 Å². The van der Waals surface area contributed by atoms with E-state index < -0.39 is 46.6 Å². The summed E-state index contributed by atoms with van der Waals surface area (Å²) in [5.74, 6) is -0.493. The number of aliphatic hydroxyl groups is 2. The number of hydrogen-bond donors (Lipinski definition) is 3. The summed E-state index contributed by atoms with van der Waals surface area (Å²) in [4.78, 5) is 27.9. The number of benzene rings is 1. The Morgan fingerprint density at radius 3 is 2.54 bits per heavy atom. The molecule has 0 radical (unpaired) electrons. The molecule has 10 nitrogen and oxygen atoms in total. The smallest absolute Gasteiger partial charge is 0.336 e.